The third-order valence-corrected chi connectivity index (χ3v) is 9.74. The van der Waals surface area contributed by atoms with Gasteiger partial charge >= 0.3 is 5.97 Å². The number of nitrogens with one attached hydrogen (secondary N) is 2. The number of likely N-dealkylation sites (N-methyl/N-ethyl adjacent to an activating group) is 2. The van der Waals surface area contributed by atoms with Crippen molar-refractivity contribution in [1.82, 2.24) is 25.3 Å². The summed E-state index contributed by atoms with van der Waals surface area (Å²) in [4.78, 5) is 85.4. The highest BCUT2D eigenvalue weighted by atomic mass is 35.5. The second-order valence-electron chi connectivity index (χ2n) is 12.6. The molecule has 2 saturated heterocycles. The number of amides is 5. The van der Waals surface area contributed by atoms with Crippen molar-refractivity contribution in [1.29, 1.82) is 0 Å². The molecule has 9 atom stereocenters. The van der Waals surface area contributed by atoms with Gasteiger partial charge in [0.25, 0.3) is 5.91 Å². The van der Waals surface area contributed by atoms with Crippen molar-refractivity contribution in [2.45, 2.75) is 110 Å². The third-order valence-electron chi connectivity index (χ3n) is 9.38. The van der Waals surface area contributed by atoms with Gasteiger partial charge < -0.3 is 35.2 Å². The van der Waals surface area contributed by atoms with Gasteiger partial charge in [-0.3, -0.25) is 28.8 Å². The van der Waals surface area contributed by atoms with Crippen LogP contribution in [0.15, 0.2) is 0 Å². The molecular weight excluding hydrogens is 606 g/mol. The molecule has 14 heteroatoms. The van der Waals surface area contributed by atoms with E-state index in [9.17, 15) is 33.9 Å². The minimum atomic E-state index is -1.42. The quantitative estimate of drug-likeness (QED) is 0.268. The highest BCUT2D eigenvalue weighted by molar-refractivity contribution is 6.18. The molecule has 2 fully saturated rings. The molecule has 0 aromatic rings. The average molecular weight is 658 g/mol. The summed E-state index contributed by atoms with van der Waals surface area (Å²) in [7, 11) is 3.02. The molecule has 3 N–H and O–H groups in total. The maximum absolute atomic E-state index is 14.1. The van der Waals surface area contributed by atoms with Gasteiger partial charge in [0.1, 0.15) is 24.2 Å². The van der Waals surface area contributed by atoms with Crippen LogP contribution in [0, 0.1) is 17.8 Å². The normalized spacial score (nSPS) is 30.4. The van der Waals surface area contributed by atoms with E-state index in [1.807, 2.05) is 34.6 Å². The largest absolute Gasteiger partial charge is 0.452 e. The molecule has 5 amide bonds. The summed E-state index contributed by atoms with van der Waals surface area (Å²) in [6.45, 7) is 10.9. The van der Waals surface area contributed by atoms with Crippen LogP contribution in [-0.2, 0) is 33.5 Å². The summed E-state index contributed by atoms with van der Waals surface area (Å²) in [5.74, 6) is -4.46. The summed E-state index contributed by atoms with van der Waals surface area (Å²) >= 11 is 5.79. The second-order valence-corrected chi connectivity index (χ2v) is 12.9. The molecule has 0 radical (unpaired) electrons. The number of carbonyl (C=O) groups is 6. The van der Waals surface area contributed by atoms with Gasteiger partial charge in [0.05, 0.1) is 12.5 Å². The molecule has 0 unspecified atom stereocenters. The van der Waals surface area contributed by atoms with Crippen LogP contribution in [0.5, 0.6) is 0 Å². The Kier molecular flexibility index (Phi) is 14.5. The van der Waals surface area contributed by atoms with Crippen LogP contribution in [-0.4, -0.2) is 125 Å². The van der Waals surface area contributed by atoms with Crippen LogP contribution in [0.4, 0.5) is 0 Å². The number of ether oxygens (including phenoxy) is 1. The van der Waals surface area contributed by atoms with Crippen molar-refractivity contribution >= 4 is 47.1 Å². The lowest BCUT2D eigenvalue weighted by atomic mass is 9.92. The number of aliphatic hydroxyl groups is 1. The number of hydrogen-bond donors (Lipinski definition) is 3. The van der Waals surface area contributed by atoms with Crippen molar-refractivity contribution in [2.24, 2.45) is 17.8 Å². The van der Waals surface area contributed by atoms with Crippen molar-refractivity contribution < 1.29 is 38.6 Å². The van der Waals surface area contributed by atoms with Crippen molar-refractivity contribution in [3.05, 3.63) is 0 Å². The molecule has 2 aliphatic rings. The smallest absolute Gasteiger partial charge is 0.308 e. The van der Waals surface area contributed by atoms with Crippen LogP contribution in [0.2, 0.25) is 0 Å². The Morgan fingerprint density at radius 3 is 2.13 bits per heavy atom. The predicted molar refractivity (Wildman–Crippen MR) is 168 cm³/mol. The molecule has 0 aromatic heterocycles. The highest BCUT2D eigenvalue weighted by Crippen LogP contribution is 2.28. The summed E-state index contributed by atoms with van der Waals surface area (Å²) in [6.07, 6.45) is -1.52. The second kappa shape index (κ2) is 17.1. The fourth-order valence-corrected chi connectivity index (χ4v) is 5.94. The first kappa shape index (κ1) is 38.3. The molecule has 0 spiro atoms. The molecule has 256 valence electrons. The van der Waals surface area contributed by atoms with Gasteiger partial charge in [-0.1, -0.05) is 47.5 Å². The summed E-state index contributed by atoms with van der Waals surface area (Å²) in [5, 5.41) is 15.8. The zero-order valence-electron chi connectivity index (χ0n) is 27.9. The van der Waals surface area contributed by atoms with E-state index in [1.165, 1.54) is 28.8 Å². The van der Waals surface area contributed by atoms with E-state index in [2.05, 4.69) is 10.6 Å². The third kappa shape index (κ3) is 9.31. The van der Waals surface area contributed by atoms with Gasteiger partial charge in [0.2, 0.25) is 23.6 Å². The van der Waals surface area contributed by atoms with Gasteiger partial charge in [-0.15, -0.1) is 11.6 Å². The number of esters is 1. The van der Waals surface area contributed by atoms with E-state index < -0.39 is 71.9 Å². The summed E-state index contributed by atoms with van der Waals surface area (Å²) < 4.78 is 5.48. The Morgan fingerprint density at radius 1 is 0.933 bits per heavy atom. The Balaban J connectivity index is 2.61. The lowest BCUT2D eigenvalue weighted by Crippen LogP contribution is -2.61. The zero-order chi connectivity index (χ0) is 34.2. The first-order valence-corrected chi connectivity index (χ1v) is 16.5. The van der Waals surface area contributed by atoms with E-state index in [-0.39, 0.29) is 49.6 Å². The Labute approximate surface area is 271 Å². The molecule has 45 heavy (non-hydrogen) atoms. The molecule has 2 heterocycles. The highest BCUT2D eigenvalue weighted by Gasteiger charge is 2.45. The van der Waals surface area contributed by atoms with Crippen molar-refractivity contribution in [3.63, 3.8) is 0 Å². The molecular formula is C31H52ClN5O8. The Morgan fingerprint density at radius 2 is 1.56 bits per heavy atom. The number of fused-ring (bicyclic) bond motifs is 1. The fourth-order valence-electron chi connectivity index (χ4n) is 5.81. The zero-order valence-corrected chi connectivity index (χ0v) is 28.6. The monoisotopic (exact) mass is 657 g/mol. The van der Waals surface area contributed by atoms with E-state index >= 15 is 0 Å². The number of alkyl halides is 1. The van der Waals surface area contributed by atoms with Crippen molar-refractivity contribution in [2.75, 3.05) is 33.1 Å². The SMILES string of the molecule is CC[C@H](C)[C@@H]1NC(=O)[C@@H]2[C@@H](C)CCN2C(=O)[C@@H](C[C@H](O)CCl)OC(=O)CCNC(=O)[C@H](C)N(C)C(=O)[C@H]([C@@H](C)CC)N(C)C1=O. The lowest BCUT2D eigenvalue weighted by Gasteiger charge is -2.39. The van der Waals surface area contributed by atoms with Gasteiger partial charge in [-0.05, 0) is 31.1 Å². The summed E-state index contributed by atoms with van der Waals surface area (Å²) in [5.41, 5.74) is 0. The topological polar surface area (TPSA) is 166 Å². The number of halogens is 1. The van der Waals surface area contributed by atoms with Gasteiger partial charge in [0, 0.05) is 39.5 Å². The number of hydrogen-bond acceptors (Lipinski definition) is 8. The van der Waals surface area contributed by atoms with Crippen molar-refractivity contribution in [3.8, 4) is 0 Å². The van der Waals surface area contributed by atoms with E-state index in [1.54, 1.807) is 6.92 Å². The van der Waals surface area contributed by atoms with Crippen LogP contribution in [0.3, 0.4) is 0 Å². The Bertz CT molecular complexity index is 1090. The maximum Gasteiger partial charge on any atom is 0.308 e. The molecule has 0 bridgehead atoms. The van der Waals surface area contributed by atoms with Gasteiger partial charge in [0.15, 0.2) is 6.10 Å². The Hall–Kier alpha value is -2.93. The maximum atomic E-state index is 14.1. The molecule has 0 aliphatic carbocycles. The van der Waals surface area contributed by atoms with Crippen LogP contribution < -0.4 is 10.6 Å². The number of rotatable bonds is 7. The first-order chi connectivity index (χ1) is 21.1. The lowest BCUT2D eigenvalue weighted by molar-refractivity contribution is -0.163. The molecule has 13 nitrogen and oxygen atoms in total. The number of cyclic esters (lactones) is 1. The average Bonchev–Trinajstić information content (AvgIpc) is 3.41. The minimum absolute atomic E-state index is 0.126. The molecule has 2 rings (SSSR count). The number of aliphatic hydroxyl groups excluding tert-OH is 1. The van der Waals surface area contributed by atoms with E-state index in [4.69, 9.17) is 16.3 Å². The predicted octanol–water partition coefficient (Wildman–Crippen LogP) is 0.896. The summed E-state index contributed by atoms with van der Waals surface area (Å²) in [6, 6.07) is -3.81. The van der Waals surface area contributed by atoms with Gasteiger partial charge in [-0.25, -0.2) is 0 Å². The number of carbonyl (C=O) groups excluding carboxylic acids is 6. The molecule has 0 aromatic carbocycles. The van der Waals surface area contributed by atoms with Crippen LogP contribution in [0.1, 0.15) is 73.6 Å². The standard InChI is InChI=1S/C31H52ClN5O8/c1-9-17(3)24-30(43)36(8)26(18(4)10-2)31(44)35(7)20(6)27(40)33-13-11-23(39)45-22(15-21(38)16-32)29(42)37-14-12-19(5)25(37)28(41)34-24/h17-22,24-26,38H,9-16H2,1-8H3,(H,33,40)(H,34,41)/t17-,18-,19-,20-,21-,22+,24-,25-,26-/m0/s1. The van der Waals surface area contributed by atoms with Crippen LogP contribution in [0.25, 0.3) is 0 Å². The fraction of sp³-hybridized carbons (Fsp3) is 0.806. The minimum Gasteiger partial charge on any atom is -0.452 e. The first-order valence-electron chi connectivity index (χ1n) is 16.0. The van der Waals surface area contributed by atoms with Gasteiger partial charge in [-0.2, -0.15) is 0 Å². The van der Waals surface area contributed by atoms with Crippen LogP contribution >= 0.6 is 11.6 Å². The van der Waals surface area contributed by atoms with E-state index in [0.717, 1.165) is 0 Å². The van der Waals surface area contributed by atoms with E-state index in [0.29, 0.717) is 19.3 Å². The molecule has 0 saturated carbocycles. The number of nitrogens with zero attached hydrogens (tertiary/aromatic N) is 3. The molecule has 2 aliphatic heterocycles.